The van der Waals surface area contributed by atoms with E-state index in [1.165, 1.54) is 5.56 Å². The number of nitrogens with zero attached hydrogens (tertiary/aromatic N) is 1. The summed E-state index contributed by atoms with van der Waals surface area (Å²) in [4.78, 5) is 2.53. The molecule has 0 amide bonds. The fourth-order valence-electron chi connectivity index (χ4n) is 4.27. The molecule has 0 unspecified atom stereocenters. The lowest BCUT2D eigenvalue weighted by molar-refractivity contribution is 0.114. The molecule has 0 aliphatic carbocycles. The Kier molecular flexibility index (Phi) is 6.25. The van der Waals surface area contributed by atoms with E-state index in [1.54, 1.807) is 19.2 Å². The minimum absolute atomic E-state index is 0.197. The summed E-state index contributed by atoms with van der Waals surface area (Å²) in [5.74, 6) is 1.47. The molecule has 2 aliphatic heterocycles. The fourth-order valence-corrected chi connectivity index (χ4v) is 4.27. The quantitative estimate of drug-likeness (QED) is 0.724. The number of rotatable bonds is 7. The third kappa shape index (κ3) is 4.54. The highest BCUT2D eigenvalue weighted by Gasteiger charge is 2.35. The van der Waals surface area contributed by atoms with Gasteiger partial charge in [-0.3, -0.25) is 4.90 Å². The molecule has 2 fully saturated rings. The maximum Gasteiger partial charge on any atom is 0.123 e. The molecule has 5 heteroatoms. The van der Waals surface area contributed by atoms with Crippen molar-refractivity contribution in [2.45, 2.75) is 24.9 Å². The molecule has 0 spiro atoms. The topological polar surface area (TPSA) is 30.9 Å². The van der Waals surface area contributed by atoms with E-state index >= 15 is 0 Å². The van der Waals surface area contributed by atoms with Crippen molar-refractivity contribution >= 4 is 0 Å². The van der Waals surface area contributed by atoms with Crippen molar-refractivity contribution < 1.29 is 18.6 Å². The molecule has 0 bridgehead atoms. The van der Waals surface area contributed by atoms with Gasteiger partial charge in [-0.15, -0.1) is 0 Å². The zero-order chi connectivity index (χ0) is 19.3. The van der Waals surface area contributed by atoms with Crippen LogP contribution in [0.5, 0.6) is 5.75 Å². The van der Waals surface area contributed by atoms with Crippen LogP contribution >= 0.6 is 0 Å². The summed E-state index contributed by atoms with van der Waals surface area (Å²) >= 11 is 0. The first-order valence-electron chi connectivity index (χ1n) is 10.0. The molecule has 0 saturated carbocycles. The fraction of sp³-hybridized carbons (Fsp3) is 0.478. The van der Waals surface area contributed by atoms with Crippen molar-refractivity contribution in [3.05, 3.63) is 65.5 Å². The van der Waals surface area contributed by atoms with Crippen LogP contribution < -0.4 is 4.74 Å². The predicted molar refractivity (Wildman–Crippen MR) is 106 cm³/mol. The molecule has 0 aromatic heterocycles. The second-order valence-corrected chi connectivity index (χ2v) is 7.77. The number of hydrogen-bond donors (Lipinski definition) is 0. The normalized spacial score (nSPS) is 24.8. The molecule has 28 heavy (non-hydrogen) atoms. The van der Waals surface area contributed by atoms with Gasteiger partial charge in [-0.2, -0.15) is 0 Å². The number of ether oxygens (including phenoxy) is 3. The first-order chi connectivity index (χ1) is 13.7. The number of hydrogen-bond acceptors (Lipinski definition) is 4. The van der Waals surface area contributed by atoms with Gasteiger partial charge in [0.15, 0.2) is 0 Å². The Hall–Kier alpha value is -1.95. The zero-order valence-corrected chi connectivity index (χ0v) is 16.4. The minimum atomic E-state index is -0.197. The molecule has 2 aliphatic rings. The largest absolute Gasteiger partial charge is 0.497 e. The number of halogens is 1. The van der Waals surface area contributed by atoms with Crippen LogP contribution in [0.1, 0.15) is 23.5 Å². The lowest BCUT2D eigenvalue weighted by Gasteiger charge is -2.34. The molecule has 3 atom stereocenters. The Morgan fingerprint density at radius 2 is 1.79 bits per heavy atom. The van der Waals surface area contributed by atoms with Crippen LogP contribution in [-0.2, 0) is 16.0 Å². The summed E-state index contributed by atoms with van der Waals surface area (Å²) in [6, 6.07) is 15.4. The van der Waals surface area contributed by atoms with E-state index in [9.17, 15) is 4.39 Å². The van der Waals surface area contributed by atoms with Crippen LogP contribution in [-0.4, -0.2) is 51.0 Å². The first kappa shape index (κ1) is 19.4. The molecular formula is C23H28FNO3. The Morgan fingerprint density at radius 3 is 2.46 bits per heavy atom. The summed E-state index contributed by atoms with van der Waals surface area (Å²) in [6.45, 7) is 4.89. The van der Waals surface area contributed by atoms with Gasteiger partial charge in [0, 0.05) is 31.7 Å². The Morgan fingerprint density at radius 1 is 1.00 bits per heavy atom. The molecule has 4 rings (SSSR count). The summed E-state index contributed by atoms with van der Waals surface area (Å²) < 4.78 is 30.2. The third-order valence-corrected chi connectivity index (χ3v) is 5.88. The molecule has 2 aromatic carbocycles. The highest BCUT2D eigenvalue weighted by atomic mass is 19.1. The van der Waals surface area contributed by atoms with Gasteiger partial charge in [-0.1, -0.05) is 24.3 Å². The third-order valence-electron chi connectivity index (χ3n) is 5.88. The SMILES string of the molecule is COc1ccc(CN(C[C@H]2CCOC2)[C@@H]2COC[C@H]2c2ccc(F)cc2)cc1. The van der Waals surface area contributed by atoms with Gasteiger partial charge in [-0.05, 0) is 47.7 Å². The maximum absolute atomic E-state index is 13.4. The second-order valence-electron chi connectivity index (χ2n) is 7.77. The lowest BCUT2D eigenvalue weighted by Crippen LogP contribution is -2.42. The lowest BCUT2D eigenvalue weighted by atomic mass is 9.92. The van der Waals surface area contributed by atoms with Gasteiger partial charge in [0.2, 0.25) is 0 Å². The minimum Gasteiger partial charge on any atom is -0.497 e. The Balaban J connectivity index is 1.54. The standard InChI is InChI=1S/C23H28FNO3/c1-26-21-8-2-17(3-9-21)12-25(13-18-10-11-27-14-18)23-16-28-15-22(23)19-4-6-20(24)7-5-19/h2-9,18,22-23H,10-16H2,1H3/t18-,22+,23-/m1/s1. The van der Waals surface area contributed by atoms with Gasteiger partial charge >= 0.3 is 0 Å². The molecule has 4 nitrogen and oxygen atoms in total. The van der Waals surface area contributed by atoms with Crippen LogP contribution in [0.25, 0.3) is 0 Å². The van der Waals surface area contributed by atoms with Crippen molar-refractivity contribution in [3.63, 3.8) is 0 Å². The van der Waals surface area contributed by atoms with Crippen molar-refractivity contribution in [2.24, 2.45) is 5.92 Å². The highest BCUT2D eigenvalue weighted by Crippen LogP contribution is 2.32. The molecule has 2 aromatic rings. The average Bonchev–Trinajstić information content (AvgIpc) is 3.40. The molecule has 2 saturated heterocycles. The van der Waals surface area contributed by atoms with Gasteiger partial charge in [0.05, 0.1) is 26.9 Å². The van der Waals surface area contributed by atoms with Crippen LogP contribution in [0.15, 0.2) is 48.5 Å². The van der Waals surface area contributed by atoms with Crippen LogP contribution in [0.4, 0.5) is 4.39 Å². The molecule has 2 heterocycles. The maximum atomic E-state index is 13.4. The summed E-state index contributed by atoms with van der Waals surface area (Å²) in [7, 11) is 1.69. The highest BCUT2D eigenvalue weighted by molar-refractivity contribution is 5.28. The van der Waals surface area contributed by atoms with E-state index in [1.807, 2.05) is 24.3 Å². The van der Waals surface area contributed by atoms with Crippen molar-refractivity contribution in [1.82, 2.24) is 4.90 Å². The molecular weight excluding hydrogens is 357 g/mol. The van der Waals surface area contributed by atoms with Gasteiger partial charge in [0.1, 0.15) is 11.6 Å². The van der Waals surface area contributed by atoms with E-state index in [0.29, 0.717) is 19.1 Å². The van der Waals surface area contributed by atoms with Gasteiger partial charge in [-0.25, -0.2) is 4.39 Å². The second kappa shape index (κ2) is 9.03. The first-order valence-corrected chi connectivity index (χ1v) is 10.0. The van der Waals surface area contributed by atoms with Gasteiger partial charge < -0.3 is 14.2 Å². The van der Waals surface area contributed by atoms with Crippen molar-refractivity contribution in [3.8, 4) is 5.75 Å². The van der Waals surface area contributed by atoms with Crippen LogP contribution in [0, 0.1) is 11.7 Å². The van der Waals surface area contributed by atoms with Gasteiger partial charge in [0.25, 0.3) is 0 Å². The Bertz CT molecular complexity index is 743. The van der Waals surface area contributed by atoms with E-state index < -0.39 is 0 Å². The van der Waals surface area contributed by atoms with E-state index in [0.717, 1.165) is 44.0 Å². The summed E-state index contributed by atoms with van der Waals surface area (Å²) in [5.41, 5.74) is 2.40. The number of methoxy groups -OCH3 is 1. The Labute approximate surface area is 166 Å². The van der Waals surface area contributed by atoms with Crippen LogP contribution in [0.3, 0.4) is 0 Å². The monoisotopic (exact) mass is 385 g/mol. The van der Waals surface area contributed by atoms with Crippen molar-refractivity contribution in [2.75, 3.05) is 40.1 Å². The summed E-state index contributed by atoms with van der Waals surface area (Å²) in [6.07, 6.45) is 1.11. The molecule has 0 radical (unpaired) electrons. The van der Waals surface area contributed by atoms with Crippen LogP contribution in [0.2, 0.25) is 0 Å². The van der Waals surface area contributed by atoms with E-state index in [4.69, 9.17) is 14.2 Å². The van der Waals surface area contributed by atoms with E-state index in [-0.39, 0.29) is 17.8 Å². The van der Waals surface area contributed by atoms with E-state index in [2.05, 4.69) is 17.0 Å². The molecule has 150 valence electrons. The predicted octanol–water partition coefficient (Wildman–Crippen LogP) is 3.86. The summed E-state index contributed by atoms with van der Waals surface area (Å²) in [5, 5.41) is 0. The smallest absolute Gasteiger partial charge is 0.123 e. The average molecular weight is 385 g/mol. The zero-order valence-electron chi connectivity index (χ0n) is 16.4. The van der Waals surface area contributed by atoms with Crippen molar-refractivity contribution in [1.29, 1.82) is 0 Å². The molecule has 0 N–H and O–H groups in total. The number of benzene rings is 2.